The van der Waals surface area contributed by atoms with Crippen molar-refractivity contribution in [1.29, 1.82) is 0 Å². The molecule has 0 bridgehead atoms. The molecule has 0 saturated carbocycles. The minimum absolute atomic E-state index is 0.178. The van der Waals surface area contributed by atoms with Crippen LogP contribution in [0.25, 0.3) is 9.78 Å². The van der Waals surface area contributed by atoms with E-state index in [2.05, 4.69) is 43.7 Å². The van der Waals surface area contributed by atoms with Crippen LogP contribution in [0.5, 0.6) is 0 Å². The number of aromatic nitrogens is 1. The topological polar surface area (TPSA) is 61.1 Å². The van der Waals surface area contributed by atoms with Gasteiger partial charge in [0.15, 0.2) is 0 Å². The fraction of sp³-hybridized carbons (Fsp3) is 0.235. The molecule has 3 aromatic rings. The molecule has 0 N–H and O–H groups in total. The molecule has 2 aromatic carbocycles. The number of benzene rings is 2. The zero-order valence-corrected chi connectivity index (χ0v) is 16.1. The molecule has 6 heteroatoms. The molecule has 0 amide bonds. The van der Waals surface area contributed by atoms with Crippen molar-refractivity contribution in [1.82, 2.24) is 0 Å². The maximum absolute atomic E-state index is 10.4. The summed E-state index contributed by atoms with van der Waals surface area (Å²) in [4.78, 5) is -0.178. The molecule has 0 aliphatic heterocycles. The van der Waals surface area contributed by atoms with Crippen LogP contribution in [0.3, 0.4) is 0 Å². The van der Waals surface area contributed by atoms with Gasteiger partial charge in [0.25, 0.3) is 0 Å². The van der Waals surface area contributed by atoms with Gasteiger partial charge in [-0.15, -0.1) is 0 Å². The summed E-state index contributed by atoms with van der Waals surface area (Å²) in [5, 5.41) is 0. The number of rotatable bonds is 1. The van der Waals surface area contributed by atoms with Crippen LogP contribution in [0.1, 0.15) is 15.7 Å². The maximum atomic E-state index is 10.4. The number of aryl methyl sites for hydroxylation is 4. The van der Waals surface area contributed by atoms with E-state index in [1.807, 2.05) is 6.92 Å². The normalized spacial score (nSPS) is 11.2. The Morgan fingerprint density at radius 3 is 2.09 bits per heavy atom. The molecule has 0 fully saturated rings. The van der Waals surface area contributed by atoms with Crippen molar-refractivity contribution in [3.63, 3.8) is 0 Å². The zero-order valence-electron chi connectivity index (χ0n) is 13.5. The van der Waals surface area contributed by atoms with Crippen LogP contribution in [0.2, 0.25) is 0 Å². The molecule has 0 radical (unpaired) electrons. The SMILES string of the molecule is Cc1ccc(S(=O)(=O)[O-])cc1.Cc1ccc2[se]c(C)[n+](C)c2c1. The third-order valence-corrected chi connectivity index (χ3v) is 6.75. The van der Waals surface area contributed by atoms with Gasteiger partial charge in [-0.2, -0.15) is 0 Å². The van der Waals surface area contributed by atoms with Crippen LogP contribution < -0.4 is 4.57 Å². The average molecular weight is 396 g/mol. The molecule has 0 unspecified atom stereocenters. The van der Waals surface area contributed by atoms with Gasteiger partial charge in [-0.25, -0.2) is 8.42 Å². The predicted molar refractivity (Wildman–Crippen MR) is 90.7 cm³/mol. The van der Waals surface area contributed by atoms with E-state index in [0.29, 0.717) is 14.5 Å². The summed E-state index contributed by atoms with van der Waals surface area (Å²) in [6, 6.07) is 12.5. The Balaban J connectivity index is 0.000000168. The Morgan fingerprint density at radius 1 is 0.957 bits per heavy atom. The van der Waals surface area contributed by atoms with Crippen LogP contribution in [0.15, 0.2) is 47.4 Å². The third-order valence-electron chi connectivity index (χ3n) is 3.52. The number of hydrogen-bond donors (Lipinski definition) is 0. The molecule has 122 valence electrons. The second-order valence-corrected chi connectivity index (χ2v) is 9.39. The first-order valence-corrected chi connectivity index (χ1v) is 10.2. The number of nitrogens with zero attached hydrogens (tertiary/aromatic N) is 1. The van der Waals surface area contributed by atoms with Crippen molar-refractivity contribution >= 4 is 34.4 Å². The second-order valence-electron chi connectivity index (χ2n) is 5.42. The summed E-state index contributed by atoms with van der Waals surface area (Å²) in [6.07, 6.45) is 0. The number of hydrogen-bond acceptors (Lipinski definition) is 3. The number of fused-ring (bicyclic) bond motifs is 1. The summed E-state index contributed by atoms with van der Waals surface area (Å²) >= 11 is 0.567. The zero-order chi connectivity index (χ0) is 17.2. The molecule has 0 saturated heterocycles. The van der Waals surface area contributed by atoms with Crippen molar-refractivity contribution in [3.05, 3.63) is 58.2 Å². The van der Waals surface area contributed by atoms with Gasteiger partial charge in [-0.3, -0.25) is 0 Å². The molecular weight excluding hydrogens is 377 g/mol. The third kappa shape index (κ3) is 4.52. The molecule has 0 spiro atoms. The van der Waals surface area contributed by atoms with Crippen molar-refractivity contribution in [2.24, 2.45) is 7.05 Å². The molecule has 0 atom stereocenters. The molecule has 1 aromatic heterocycles. The van der Waals surface area contributed by atoms with E-state index in [1.54, 1.807) is 12.1 Å². The fourth-order valence-electron chi connectivity index (χ4n) is 2.08. The van der Waals surface area contributed by atoms with E-state index in [1.165, 1.54) is 32.0 Å². The van der Waals surface area contributed by atoms with Crippen LogP contribution in [-0.4, -0.2) is 27.5 Å². The Labute approximate surface area is 142 Å². The average Bonchev–Trinajstić information content (AvgIpc) is 2.75. The molecular formula is C17H19NO3SSe. The Bertz CT molecular complexity index is 928. The summed E-state index contributed by atoms with van der Waals surface area (Å²) in [7, 11) is -2.11. The van der Waals surface area contributed by atoms with E-state index in [9.17, 15) is 13.0 Å². The van der Waals surface area contributed by atoms with Crippen molar-refractivity contribution in [2.75, 3.05) is 0 Å². The van der Waals surface area contributed by atoms with Gasteiger partial charge in [0.05, 0.1) is 4.90 Å². The van der Waals surface area contributed by atoms with Gasteiger partial charge in [-0.05, 0) is 19.1 Å². The minimum atomic E-state index is -4.27. The van der Waals surface area contributed by atoms with E-state index in [-0.39, 0.29) is 4.90 Å². The van der Waals surface area contributed by atoms with Crippen molar-refractivity contribution in [3.8, 4) is 0 Å². The molecule has 4 nitrogen and oxygen atoms in total. The van der Waals surface area contributed by atoms with Gasteiger partial charge in [0.1, 0.15) is 10.1 Å². The van der Waals surface area contributed by atoms with Crippen LogP contribution in [-0.2, 0) is 17.2 Å². The molecule has 23 heavy (non-hydrogen) atoms. The first kappa shape index (κ1) is 17.9. The molecule has 0 aliphatic carbocycles. The first-order chi connectivity index (χ1) is 10.7. The van der Waals surface area contributed by atoms with E-state index in [4.69, 9.17) is 0 Å². The second kappa shape index (κ2) is 6.97. The first-order valence-electron chi connectivity index (χ1n) is 7.07. The van der Waals surface area contributed by atoms with Gasteiger partial charge in [0.2, 0.25) is 0 Å². The standard InChI is InChI=1S/C10H12NSe.C7H8O3S/c1-7-4-5-10-9(6-7)11(3)8(2)12-10;1-6-2-4-7(5-3-6)11(8,9)10/h4-6H,1-3H3;2-5H,1H3,(H,8,9,10)/q+1;/p-1. The van der Waals surface area contributed by atoms with Gasteiger partial charge < -0.3 is 4.55 Å². The van der Waals surface area contributed by atoms with Gasteiger partial charge >= 0.3 is 78.1 Å². The Hall–Kier alpha value is -1.46. The summed E-state index contributed by atoms with van der Waals surface area (Å²) in [5.74, 6) is 0. The Morgan fingerprint density at radius 2 is 1.52 bits per heavy atom. The van der Waals surface area contributed by atoms with Crippen LogP contribution in [0.4, 0.5) is 0 Å². The van der Waals surface area contributed by atoms with E-state index < -0.39 is 10.1 Å². The molecule has 3 rings (SSSR count). The monoisotopic (exact) mass is 397 g/mol. The van der Waals surface area contributed by atoms with E-state index in [0.717, 1.165) is 5.56 Å². The predicted octanol–water partition coefficient (Wildman–Crippen LogP) is 2.24. The van der Waals surface area contributed by atoms with Crippen LogP contribution in [0, 0.1) is 20.8 Å². The quantitative estimate of drug-likeness (QED) is 0.360. The summed E-state index contributed by atoms with van der Waals surface area (Å²) in [6.45, 7) is 6.19. The van der Waals surface area contributed by atoms with Gasteiger partial charge in [0, 0.05) is 0 Å². The van der Waals surface area contributed by atoms with Gasteiger partial charge in [-0.1, -0.05) is 17.7 Å². The summed E-state index contributed by atoms with van der Waals surface area (Å²) in [5.41, 5.74) is 3.69. The van der Waals surface area contributed by atoms with Crippen LogP contribution >= 0.6 is 0 Å². The summed E-state index contributed by atoms with van der Waals surface area (Å²) < 4.78 is 36.5. The molecule has 0 aliphatic rings. The fourth-order valence-corrected chi connectivity index (χ4v) is 4.62. The molecule has 1 heterocycles. The Kier molecular flexibility index (Phi) is 5.42. The van der Waals surface area contributed by atoms with E-state index >= 15 is 0 Å². The van der Waals surface area contributed by atoms with Crippen molar-refractivity contribution in [2.45, 2.75) is 25.7 Å². The van der Waals surface area contributed by atoms with Crippen molar-refractivity contribution < 1.29 is 17.5 Å².